The first kappa shape index (κ1) is 18.9. The topological polar surface area (TPSA) is 51.0 Å². The minimum absolute atomic E-state index is 0.127. The molecule has 1 aliphatic rings. The quantitative estimate of drug-likeness (QED) is 0.807. The summed E-state index contributed by atoms with van der Waals surface area (Å²) in [6.07, 6.45) is 5.19. The van der Waals surface area contributed by atoms with Crippen LogP contribution in [0.2, 0.25) is 0 Å². The van der Waals surface area contributed by atoms with E-state index in [1.807, 2.05) is 23.9 Å². The monoisotopic (exact) mass is 356 g/mol. The zero-order valence-electron chi connectivity index (χ0n) is 17.0. The van der Waals surface area contributed by atoms with E-state index in [-0.39, 0.29) is 11.9 Å². The molecule has 0 spiro atoms. The molecule has 0 aromatic carbocycles. The lowest BCUT2D eigenvalue weighted by molar-refractivity contribution is 0.0630. The van der Waals surface area contributed by atoms with E-state index in [9.17, 15) is 4.79 Å². The van der Waals surface area contributed by atoms with Crippen molar-refractivity contribution in [2.45, 2.75) is 72.9 Å². The molecule has 2 atom stereocenters. The van der Waals surface area contributed by atoms with Gasteiger partial charge in [0.1, 0.15) is 0 Å². The number of rotatable bonds is 3. The van der Waals surface area contributed by atoms with Gasteiger partial charge in [0.2, 0.25) is 0 Å². The summed E-state index contributed by atoms with van der Waals surface area (Å²) in [6, 6.07) is 2.54. The third-order valence-electron chi connectivity index (χ3n) is 5.73. The van der Waals surface area contributed by atoms with Gasteiger partial charge in [-0.2, -0.15) is 5.10 Å². The standard InChI is InChI=1S/C21H32N4O/c1-13(2)19-8-7-15(5)9-10-24(19)21(26)18-11-17-12-22-25(14(3)4)20(17)23-16(18)6/h11-15,19H,7-10H2,1-6H3. The Labute approximate surface area is 156 Å². The summed E-state index contributed by atoms with van der Waals surface area (Å²) in [6.45, 7) is 13.7. The number of likely N-dealkylation sites (tertiary alicyclic amines) is 1. The van der Waals surface area contributed by atoms with Crippen molar-refractivity contribution in [3.63, 3.8) is 0 Å². The Morgan fingerprint density at radius 2 is 1.92 bits per heavy atom. The van der Waals surface area contributed by atoms with Gasteiger partial charge in [0, 0.05) is 24.0 Å². The van der Waals surface area contributed by atoms with Crippen molar-refractivity contribution in [1.29, 1.82) is 0 Å². The van der Waals surface area contributed by atoms with Gasteiger partial charge in [-0.3, -0.25) is 4.79 Å². The van der Waals surface area contributed by atoms with Gasteiger partial charge in [-0.1, -0.05) is 20.8 Å². The first-order chi connectivity index (χ1) is 12.3. The summed E-state index contributed by atoms with van der Waals surface area (Å²) < 4.78 is 1.92. The number of pyridine rings is 1. The minimum Gasteiger partial charge on any atom is -0.335 e. The molecule has 1 fully saturated rings. The molecule has 5 nitrogen and oxygen atoms in total. The van der Waals surface area contributed by atoms with Crippen LogP contribution in [-0.2, 0) is 0 Å². The Morgan fingerprint density at radius 3 is 2.58 bits per heavy atom. The molecule has 26 heavy (non-hydrogen) atoms. The van der Waals surface area contributed by atoms with Gasteiger partial charge in [0.25, 0.3) is 5.91 Å². The predicted octanol–water partition coefficient (Wildman–Crippen LogP) is 4.61. The normalized spacial score (nSPS) is 21.6. The highest BCUT2D eigenvalue weighted by Crippen LogP contribution is 2.28. The Kier molecular flexibility index (Phi) is 5.35. The van der Waals surface area contributed by atoms with Crippen molar-refractivity contribution in [2.24, 2.45) is 11.8 Å². The molecule has 1 saturated heterocycles. The van der Waals surface area contributed by atoms with Crippen molar-refractivity contribution in [2.75, 3.05) is 6.54 Å². The number of hydrogen-bond donors (Lipinski definition) is 0. The molecule has 2 aromatic heterocycles. The molecule has 1 aliphatic heterocycles. The Balaban J connectivity index is 1.98. The van der Waals surface area contributed by atoms with Crippen molar-refractivity contribution in [1.82, 2.24) is 19.7 Å². The number of nitrogens with zero attached hydrogens (tertiary/aromatic N) is 4. The summed E-state index contributed by atoms with van der Waals surface area (Å²) in [5, 5.41) is 5.39. The predicted molar refractivity (Wildman–Crippen MR) is 105 cm³/mol. The van der Waals surface area contributed by atoms with Gasteiger partial charge in [0.15, 0.2) is 5.65 Å². The van der Waals surface area contributed by atoms with Crippen molar-refractivity contribution in [3.8, 4) is 0 Å². The molecule has 0 N–H and O–H groups in total. The number of aromatic nitrogens is 3. The molecule has 2 unspecified atom stereocenters. The number of carbonyl (C=O) groups excluding carboxylic acids is 1. The fourth-order valence-electron chi connectivity index (χ4n) is 4.04. The summed E-state index contributed by atoms with van der Waals surface area (Å²) in [5.41, 5.74) is 2.38. The van der Waals surface area contributed by atoms with E-state index in [2.05, 4.69) is 44.6 Å². The van der Waals surface area contributed by atoms with Gasteiger partial charge < -0.3 is 4.90 Å². The lowest BCUT2D eigenvalue weighted by Gasteiger charge is -2.33. The second-order valence-corrected chi connectivity index (χ2v) is 8.50. The molecule has 5 heteroatoms. The van der Waals surface area contributed by atoms with Gasteiger partial charge in [-0.25, -0.2) is 9.67 Å². The average molecular weight is 357 g/mol. The molecule has 0 aliphatic carbocycles. The van der Waals surface area contributed by atoms with Crippen LogP contribution in [0.4, 0.5) is 0 Å². The molecule has 142 valence electrons. The largest absolute Gasteiger partial charge is 0.335 e. The lowest BCUT2D eigenvalue weighted by Crippen LogP contribution is -2.43. The highest BCUT2D eigenvalue weighted by molar-refractivity contribution is 5.98. The second-order valence-electron chi connectivity index (χ2n) is 8.50. The zero-order chi connectivity index (χ0) is 19.0. The third kappa shape index (κ3) is 3.49. The maximum absolute atomic E-state index is 13.4. The molecule has 3 rings (SSSR count). The number of hydrogen-bond acceptors (Lipinski definition) is 3. The maximum atomic E-state index is 13.4. The van der Waals surface area contributed by atoms with E-state index in [0.29, 0.717) is 17.9 Å². The van der Waals surface area contributed by atoms with Crippen LogP contribution in [0, 0.1) is 18.8 Å². The van der Waals surface area contributed by atoms with Crippen molar-refractivity contribution < 1.29 is 4.79 Å². The number of amides is 1. The van der Waals surface area contributed by atoms with Crippen LogP contribution in [0.1, 0.15) is 76.0 Å². The number of carbonyl (C=O) groups is 1. The van der Waals surface area contributed by atoms with Crippen LogP contribution in [0.25, 0.3) is 11.0 Å². The first-order valence-electron chi connectivity index (χ1n) is 9.95. The van der Waals surface area contributed by atoms with Crippen LogP contribution >= 0.6 is 0 Å². The van der Waals surface area contributed by atoms with E-state index in [1.165, 1.54) is 6.42 Å². The van der Waals surface area contributed by atoms with Crippen LogP contribution in [0.5, 0.6) is 0 Å². The second kappa shape index (κ2) is 7.37. The number of aryl methyl sites for hydroxylation is 1. The molecule has 2 aromatic rings. The van der Waals surface area contributed by atoms with Gasteiger partial charge in [0.05, 0.1) is 17.5 Å². The fraction of sp³-hybridized carbons (Fsp3) is 0.667. The summed E-state index contributed by atoms with van der Waals surface area (Å²) in [7, 11) is 0. The van der Waals surface area contributed by atoms with E-state index >= 15 is 0 Å². The molecule has 0 bridgehead atoms. The molecule has 3 heterocycles. The Hall–Kier alpha value is -1.91. The minimum atomic E-state index is 0.127. The van der Waals surface area contributed by atoms with E-state index in [0.717, 1.165) is 41.7 Å². The van der Waals surface area contributed by atoms with Crippen molar-refractivity contribution in [3.05, 3.63) is 23.5 Å². The van der Waals surface area contributed by atoms with E-state index in [4.69, 9.17) is 4.98 Å². The van der Waals surface area contributed by atoms with Crippen LogP contribution in [0.3, 0.4) is 0 Å². The Bertz CT molecular complexity index is 793. The molecule has 1 amide bonds. The molecule has 0 saturated carbocycles. The first-order valence-corrected chi connectivity index (χ1v) is 9.95. The summed E-state index contributed by atoms with van der Waals surface area (Å²) >= 11 is 0. The van der Waals surface area contributed by atoms with Gasteiger partial charge in [-0.05, 0) is 57.9 Å². The van der Waals surface area contributed by atoms with E-state index in [1.54, 1.807) is 0 Å². The molecular formula is C21H32N4O. The van der Waals surface area contributed by atoms with Crippen molar-refractivity contribution >= 4 is 16.9 Å². The maximum Gasteiger partial charge on any atom is 0.255 e. The molecule has 0 radical (unpaired) electrons. The summed E-state index contributed by atoms with van der Waals surface area (Å²) in [5.74, 6) is 1.27. The van der Waals surface area contributed by atoms with Crippen LogP contribution in [-0.4, -0.2) is 38.2 Å². The SMILES string of the molecule is Cc1nc2c(cnn2C(C)C)cc1C(=O)N1CCC(C)CCC1C(C)C. The smallest absolute Gasteiger partial charge is 0.255 e. The van der Waals surface area contributed by atoms with Gasteiger partial charge >= 0.3 is 0 Å². The highest BCUT2D eigenvalue weighted by Gasteiger charge is 2.31. The van der Waals surface area contributed by atoms with Gasteiger partial charge in [-0.15, -0.1) is 0 Å². The van der Waals surface area contributed by atoms with E-state index < -0.39 is 0 Å². The Morgan fingerprint density at radius 1 is 1.19 bits per heavy atom. The highest BCUT2D eigenvalue weighted by atomic mass is 16.2. The fourth-order valence-corrected chi connectivity index (χ4v) is 4.04. The zero-order valence-corrected chi connectivity index (χ0v) is 17.0. The average Bonchev–Trinajstić information content (AvgIpc) is 2.88. The lowest BCUT2D eigenvalue weighted by atomic mass is 9.95. The number of fused-ring (bicyclic) bond motifs is 1. The third-order valence-corrected chi connectivity index (χ3v) is 5.73. The van der Waals surface area contributed by atoms with Crippen LogP contribution in [0.15, 0.2) is 12.3 Å². The summed E-state index contributed by atoms with van der Waals surface area (Å²) in [4.78, 5) is 20.3. The van der Waals surface area contributed by atoms with Crippen LogP contribution < -0.4 is 0 Å². The molecular weight excluding hydrogens is 324 g/mol.